The fourth-order valence-corrected chi connectivity index (χ4v) is 3.75. The van der Waals surface area contributed by atoms with Gasteiger partial charge in [0.25, 0.3) is 0 Å². The number of halogens is 2. The Labute approximate surface area is 165 Å². The summed E-state index contributed by atoms with van der Waals surface area (Å²) in [6.07, 6.45) is 6.40. The van der Waals surface area contributed by atoms with Gasteiger partial charge in [0.05, 0.1) is 11.6 Å². The first-order valence-corrected chi connectivity index (χ1v) is 10.1. The number of rotatable bonds is 8. The van der Waals surface area contributed by atoms with E-state index in [-0.39, 0.29) is 12.4 Å². The highest BCUT2D eigenvalue weighted by Gasteiger charge is 2.16. The molecule has 3 nitrogen and oxygen atoms in total. The van der Waals surface area contributed by atoms with Crippen LogP contribution in [0.2, 0.25) is 5.02 Å². The van der Waals surface area contributed by atoms with Gasteiger partial charge < -0.3 is 14.8 Å². The number of hydrogen-bond donors (Lipinski definition) is 1. The van der Waals surface area contributed by atoms with E-state index in [0.717, 1.165) is 12.1 Å². The predicted molar refractivity (Wildman–Crippen MR) is 107 cm³/mol. The van der Waals surface area contributed by atoms with Crippen molar-refractivity contribution in [1.82, 2.24) is 5.32 Å². The molecule has 0 unspecified atom stereocenters. The van der Waals surface area contributed by atoms with Gasteiger partial charge in [-0.05, 0) is 43.5 Å². The first-order chi connectivity index (χ1) is 13.2. The highest BCUT2D eigenvalue weighted by molar-refractivity contribution is 6.32. The van der Waals surface area contributed by atoms with Gasteiger partial charge in [-0.3, -0.25) is 0 Å². The van der Waals surface area contributed by atoms with E-state index in [1.165, 1.54) is 38.2 Å². The molecule has 0 amide bonds. The van der Waals surface area contributed by atoms with Gasteiger partial charge in [0, 0.05) is 18.2 Å². The molecule has 2 aromatic rings. The van der Waals surface area contributed by atoms with Crippen LogP contribution in [0, 0.1) is 5.82 Å². The highest BCUT2D eigenvalue weighted by atomic mass is 35.5. The lowest BCUT2D eigenvalue weighted by Crippen LogP contribution is -2.30. The molecule has 146 valence electrons. The lowest BCUT2D eigenvalue weighted by molar-refractivity contribution is 0.265. The molecule has 0 aromatic heterocycles. The fraction of sp³-hybridized carbons (Fsp3) is 0.455. The van der Waals surface area contributed by atoms with Gasteiger partial charge in [-0.2, -0.15) is 0 Å². The van der Waals surface area contributed by atoms with Crippen molar-refractivity contribution < 1.29 is 13.9 Å². The van der Waals surface area contributed by atoms with Gasteiger partial charge in [-0.1, -0.05) is 49.1 Å². The summed E-state index contributed by atoms with van der Waals surface area (Å²) >= 11 is 6.47. The Morgan fingerprint density at radius 1 is 1.11 bits per heavy atom. The maximum atomic E-state index is 13.8. The SMILES string of the molecule is CCOc1cc(CNC2CCCCC2)cc(Cl)c1OCc1ccccc1F. The third-order valence-corrected chi connectivity index (χ3v) is 5.18. The third-order valence-electron chi connectivity index (χ3n) is 4.90. The molecule has 27 heavy (non-hydrogen) atoms. The maximum Gasteiger partial charge on any atom is 0.180 e. The largest absolute Gasteiger partial charge is 0.490 e. The number of benzene rings is 2. The van der Waals surface area contributed by atoms with Crippen LogP contribution in [0.1, 0.15) is 50.2 Å². The first kappa shape index (κ1) is 20.0. The van der Waals surface area contributed by atoms with Crippen molar-refractivity contribution in [3.8, 4) is 11.5 Å². The van der Waals surface area contributed by atoms with Gasteiger partial charge in [0.2, 0.25) is 0 Å². The number of nitrogens with one attached hydrogen (secondary N) is 1. The normalized spacial score (nSPS) is 14.9. The van der Waals surface area contributed by atoms with E-state index in [9.17, 15) is 4.39 Å². The van der Waals surface area contributed by atoms with Crippen molar-refractivity contribution in [3.05, 3.63) is 58.4 Å². The van der Waals surface area contributed by atoms with Crippen molar-refractivity contribution in [2.24, 2.45) is 0 Å². The Kier molecular flexibility index (Phi) is 7.36. The second kappa shape index (κ2) is 9.95. The average Bonchev–Trinajstić information content (AvgIpc) is 2.68. The highest BCUT2D eigenvalue weighted by Crippen LogP contribution is 2.37. The van der Waals surface area contributed by atoms with Crippen LogP contribution in [0.5, 0.6) is 11.5 Å². The Hall–Kier alpha value is -1.78. The molecule has 0 aliphatic heterocycles. The molecule has 0 radical (unpaired) electrons. The summed E-state index contributed by atoms with van der Waals surface area (Å²) in [5.74, 6) is 0.768. The van der Waals surface area contributed by atoms with E-state index in [1.807, 2.05) is 19.1 Å². The second-order valence-corrected chi connectivity index (χ2v) is 7.34. The minimum absolute atomic E-state index is 0.103. The Balaban J connectivity index is 1.70. The van der Waals surface area contributed by atoms with E-state index >= 15 is 0 Å². The second-order valence-electron chi connectivity index (χ2n) is 6.93. The zero-order valence-electron chi connectivity index (χ0n) is 15.8. The summed E-state index contributed by atoms with van der Waals surface area (Å²) in [6, 6.07) is 11.0. The van der Waals surface area contributed by atoms with Crippen molar-refractivity contribution in [2.75, 3.05) is 6.61 Å². The van der Waals surface area contributed by atoms with E-state index in [2.05, 4.69) is 5.32 Å². The molecule has 1 N–H and O–H groups in total. The molecule has 1 fully saturated rings. The van der Waals surface area contributed by atoms with E-state index in [4.69, 9.17) is 21.1 Å². The van der Waals surface area contributed by atoms with Crippen molar-refractivity contribution in [2.45, 2.75) is 58.2 Å². The molecule has 0 spiro atoms. The molecule has 1 aliphatic rings. The van der Waals surface area contributed by atoms with Crippen molar-refractivity contribution in [3.63, 3.8) is 0 Å². The Bertz CT molecular complexity index is 747. The zero-order chi connectivity index (χ0) is 19.1. The summed E-state index contributed by atoms with van der Waals surface area (Å²) in [6.45, 7) is 3.28. The van der Waals surface area contributed by atoms with Crippen LogP contribution < -0.4 is 14.8 Å². The topological polar surface area (TPSA) is 30.5 Å². The fourth-order valence-electron chi connectivity index (χ4n) is 3.46. The van der Waals surface area contributed by atoms with Gasteiger partial charge >= 0.3 is 0 Å². The van der Waals surface area contributed by atoms with Gasteiger partial charge in [0.1, 0.15) is 12.4 Å². The Morgan fingerprint density at radius 2 is 1.89 bits per heavy atom. The summed E-state index contributed by atoms with van der Waals surface area (Å²) < 4.78 is 25.4. The maximum absolute atomic E-state index is 13.8. The standard InChI is InChI=1S/C22H27ClFNO2/c1-2-26-21-13-16(14-25-18-9-4-3-5-10-18)12-19(23)22(21)27-15-17-8-6-7-11-20(17)24/h6-8,11-13,18,25H,2-5,9-10,14-15H2,1H3. The van der Waals surface area contributed by atoms with Crippen LogP contribution in [0.4, 0.5) is 4.39 Å². The predicted octanol–water partition coefficient (Wildman–Crippen LogP) is 5.88. The van der Waals surface area contributed by atoms with Crippen LogP contribution in [0.25, 0.3) is 0 Å². The molecule has 0 saturated heterocycles. The molecule has 0 atom stereocenters. The molecule has 1 saturated carbocycles. The van der Waals surface area contributed by atoms with Crippen LogP contribution in [-0.2, 0) is 13.2 Å². The minimum Gasteiger partial charge on any atom is -0.490 e. The summed E-state index contributed by atoms with van der Waals surface area (Å²) in [5, 5.41) is 4.10. The summed E-state index contributed by atoms with van der Waals surface area (Å²) in [7, 11) is 0. The zero-order valence-corrected chi connectivity index (χ0v) is 16.5. The summed E-state index contributed by atoms with van der Waals surface area (Å²) in [5.41, 5.74) is 1.55. The van der Waals surface area contributed by atoms with Crippen LogP contribution in [0.3, 0.4) is 0 Å². The van der Waals surface area contributed by atoms with Gasteiger partial charge in [-0.25, -0.2) is 4.39 Å². The number of ether oxygens (including phenoxy) is 2. The van der Waals surface area contributed by atoms with Crippen molar-refractivity contribution in [1.29, 1.82) is 0 Å². The molecule has 1 aliphatic carbocycles. The monoisotopic (exact) mass is 391 g/mol. The van der Waals surface area contributed by atoms with E-state index < -0.39 is 0 Å². The molecular formula is C22H27ClFNO2. The molecule has 3 rings (SSSR count). The summed E-state index contributed by atoms with van der Waals surface area (Å²) in [4.78, 5) is 0. The molecular weight excluding hydrogens is 365 g/mol. The van der Waals surface area contributed by atoms with Crippen LogP contribution in [0.15, 0.2) is 36.4 Å². The Morgan fingerprint density at radius 3 is 2.63 bits per heavy atom. The minimum atomic E-state index is -0.292. The van der Waals surface area contributed by atoms with E-state index in [0.29, 0.717) is 34.7 Å². The quantitative estimate of drug-likeness (QED) is 0.609. The smallest absolute Gasteiger partial charge is 0.180 e. The lowest BCUT2D eigenvalue weighted by Gasteiger charge is -2.23. The molecule has 5 heteroatoms. The first-order valence-electron chi connectivity index (χ1n) is 9.72. The van der Waals surface area contributed by atoms with E-state index in [1.54, 1.807) is 18.2 Å². The third kappa shape index (κ3) is 5.60. The molecule has 2 aromatic carbocycles. The van der Waals surface area contributed by atoms with Gasteiger partial charge in [0.15, 0.2) is 11.5 Å². The average molecular weight is 392 g/mol. The van der Waals surface area contributed by atoms with Gasteiger partial charge in [-0.15, -0.1) is 0 Å². The molecule has 0 heterocycles. The van der Waals surface area contributed by atoms with Crippen LogP contribution >= 0.6 is 11.6 Å². The van der Waals surface area contributed by atoms with Crippen molar-refractivity contribution >= 4 is 11.6 Å². The molecule has 0 bridgehead atoms. The lowest BCUT2D eigenvalue weighted by atomic mass is 9.95. The van der Waals surface area contributed by atoms with Crippen LogP contribution in [-0.4, -0.2) is 12.6 Å². The number of hydrogen-bond acceptors (Lipinski definition) is 3.